The fraction of sp³-hybridized carbons (Fsp3) is 0.172. The summed E-state index contributed by atoms with van der Waals surface area (Å²) >= 11 is 6.03. The summed E-state index contributed by atoms with van der Waals surface area (Å²) in [5, 5.41) is 3.53. The number of ether oxygens (including phenoxy) is 1. The van der Waals surface area contributed by atoms with Gasteiger partial charge in [-0.3, -0.25) is 9.59 Å². The summed E-state index contributed by atoms with van der Waals surface area (Å²) in [7, 11) is 1.60. The Kier molecular flexibility index (Phi) is 8.42. The van der Waals surface area contributed by atoms with Crippen molar-refractivity contribution in [3.8, 4) is 5.75 Å². The van der Waals surface area contributed by atoms with E-state index in [-0.39, 0.29) is 31.3 Å². The summed E-state index contributed by atoms with van der Waals surface area (Å²) in [6.07, 6.45) is 1.68. The van der Waals surface area contributed by atoms with Gasteiger partial charge in [-0.1, -0.05) is 66.2 Å². The number of carbonyl (C=O) groups is 2. The van der Waals surface area contributed by atoms with Crippen LogP contribution in [0.4, 0.5) is 0 Å². The van der Waals surface area contributed by atoms with Gasteiger partial charge < -0.3 is 19.4 Å². The summed E-state index contributed by atoms with van der Waals surface area (Å²) in [5.74, 6) is 0.864. The monoisotopic (exact) mass is 502 g/mol. The molecule has 2 amide bonds. The van der Waals surface area contributed by atoms with Crippen LogP contribution < -0.4 is 10.1 Å². The number of hydrogen-bond acceptors (Lipinski definition) is 4. The predicted octanol–water partition coefficient (Wildman–Crippen LogP) is 5.57. The van der Waals surface area contributed by atoms with Gasteiger partial charge in [0.05, 0.1) is 26.3 Å². The fourth-order valence-corrected chi connectivity index (χ4v) is 4.05. The molecule has 4 rings (SSSR count). The van der Waals surface area contributed by atoms with Gasteiger partial charge in [0.2, 0.25) is 11.8 Å². The molecule has 7 heteroatoms. The van der Waals surface area contributed by atoms with Gasteiger partial charge in [-0.25, -0.2) is 0 Å². The highest BCUT2D eigenvalue weighted by Crippen LogP contribution is 2.26. The highest BCUT2D eigenvalue weighted by molar-refractivity contribution is 6.30. The quantitative estimate of drug-likeness (QED) is 0.308. The molecular formula is C29H27ClN2O4. The molecule has 0 fully saturated rings. The van der Waals surface area contributed by atoms with E-state index in [9.17, 15) is 9.59 Å². The van der Waals surface area contributed by atoms with Crippen LogP contribution in [0.5, 0.6) is 5.75 Å². The minimum Gasteiger partial charge on any atom is -0.497 e. The molecule has 1 heterocycles. The molecule has 184 valence electrons. The molecule has 1 N–H and O–H groups in total. The Bertz CT molecular complexity index is 1260. The number of furan rings is 1. The predicted molar refractivity (Wildman–Crippen MR) is 138 cm³/mol. The van der Waals surface area contributed by atoms with Crippen molar-refractivity contribution in [3.05, 3.63) is 125 Å². The molecule has 0 aliphatic heterocycles. The van der Waals surface area contributed by atoms with E-state index in [0.717, 1.165) is 11.1 Å². The summed E-state index contributed by atoms with van der Waals surface area (Å²) < 4.78 is 10.6. The third-order valence-electron chi connectivity index (χ3n) is 5.79. The Labute approximate surface area is 215 Å². The van der Waals surface area contributed by atoms with Crippen LogP contribution in [0.2, 0.25) is 5.02 Å². The molecule has 36 heavy (non-hydrogen) atoms. The Morgan fingerprint density at radius 1 is 0.917 bits per heavy atom. The molecule has 0 bridgehead atoms. The van der Waals surface area contributed by atoms with Crippen LogP contribution in [0.3, 0.4) is 0 Å². The van der Waals surface area contributed by atoms with E-state index in [1.807, 2.05) is 66.7 Å². The first-order valence-corrected chi connectivity index (χ1v) is 11.9. The Balaban J connectivity index is 1.67. The molecule has 1 unspecified atom stereocenters. The highest BCUT2D eigenvalue weighted by atomic mass is 35.5. The van der Waals surface area contributed by atoms with Crippen molar-refractivity contribution in [2.75, 3.05) is 7.11 Å². The second kappa shape index (κ2) is 12.1. The molecule has 0 aliphatic rings. The van der Waals surface area contributed by atoms with E-state index in [0.29, 0.717) is 22.1 Å². The third kappa shape index (κ3) is 6.55. The average Bonchev–Trinajstić information content (AvgIpc) is 3.43. The van der Waals surface area contributed by atoms with E-state index in [1.54, 1.807) is 42.5 Å². The first-order valence-electron chi connectivity index (χ1n) is 11.6. The van der Waals surface area contributed by atoms with Crippen molar-refractivity contribution < 1.29 is 18.7 Å². The van der Waals surface area contributed by atoms with Gasteiger partial charge in [0.1, 0.15) is 17.6 Å². The zero-order valence-corrected chi connectivity index (χ0v) is 20.7. The number of rotatable bonds is 10. The topological polar surface area (TPSA) is 71.8 Å². The fourth-order valence-electron chi connectivity index (χ4n) is 3.92. The summed E-state index contributed by atoms with van der Waals surface area (Å²) in [6.45, 7) is 0.459. The van der Waals surface area contributed by atoms with Crippen molar-refractivity contribution in [1.29, 1.82) is 0 Å². The lowest BCUT2D eigenvalue weighted by Gasteiger charge is -2.32. The molecule has 0 aliphatic carbocycles. The van der Waals surface area contributed by atoms with Crippen molar-refractivity contribution in [3.63, 3.8) is 0 Å². The molecular weight excluding hydrogens is 476 g/mol. The Morgan fingerprint density at radius 2 is 1.61 bits per heavy atom. The van der Waals surface area contributed by atoms with Gasteiger partial charge in [-0.05, 0) is 53.1 Å². The molecule has 0 radical (unpaired) electrons. The highest BCUT2D eigenvalue weighted by Gasteiger charge is 2.31. The molecule has 1 aromatic heterocycles. The molecule has 6 nitrogen and oxygen atoms in total. The number of halogens is 1. The van der Waals surface area contributed by atoms with E-state index in [2.05, 4.69) is 5.32 Å². The third-order valence-corrected chi connectivity index (χ3v) is 6.05. The number of amides is 2. The standard InChI is InChI=1S/C29H27ClN2O4/c1-35-25-15-11-22(12-16-25)20-32(27(33)18-21-9-13-24(30)14-10-21)28(23-6-3-2-4-7-23)29(34)31-19-26-8-5-17-36-26/h2-17,28H,18-20H2,1H3,(H,31,34). The van der Waals surface area contributed by atoms with Crippen molar-refractivity contribution in [2.45, 2.75) is 25.6 Å². The second-order valence-corrected chi connectivity index (χ2v) is 8.72. The SMILES string of the molecule is COc1ccc(CN(C(=O)Cc2ccc(Cl)cc2)C(C(=O)NCc2ccco2)c2ccccc2)cc1. The zero-order valence-electron chi connectivity index (χ0n) is 19.9. The van der Waals surface area contributed by atoms with Crippen molar-refractivity contribution in [1.82, 2.24) is 10.2 Å². The smallest absolute Gasteiger partial charge is 0.247 e. The Morgan fingerprint density at radius 3 is 2.25 bits per heavy atom. The number of methoxy groups -OCH3 is 1. The van der Waals surface area contributed by atoms with Crippen molar-refractivity contribution in [2.24, 2.45) is 0 Å². The number of carbonyl (C=O) groups excluding carboxylic acids is 2. The van der Waals surface area contributed by atoms with Gasteiger partial charge in [0.25, 0.3) is 0 Å². The number of hydrogen-bond donors (Lipinski definition) is 1. The zero-order chi connectivity index (χ0) is 25.3. The first-order chi connectivity index (χ1) is 17.5. The van der Waals surface area contributed by atoms with E-state index in [1.165, 1.54) is 0 Å². The van der Waals surface area contributed by atoms with E-state index < -0.39 is 6.04 Å². The lowest BCUT2D eigenvalue weighted by molar-refractivity contribution is -0.141. The molecule has 0 spiro atoms. The maximum absolute atomic E-state index is 13.7. The van der Waals surface area contributed by atoms with Gasteiger partial charge in [-0.2, -0.15) is 0 Å². The molecule has 1 atom stereocenters. The van der Waals surface area contributed by atoms with Gasteiger partial charge >= 0.3 is 0 Å². The van der Waals surface area contributed by atoms with Crippen LogP contribution in [-0.4, -0.2) is 23.8 Å². The lowest BCUT2D eigenvalue weighted by Crippen LogP contribution is -2.43. The van der Waals surface area contributed by atoms with Crippen molar-refractivity contribution >= 4 is 23.4 Å². The molecule has 3 aromatic carbocycles. The second-order valence-electron chi connectivity index (χ2n) is 8.28. The van der Waals surface area contributed by atoms with E-state index in [4.69, 9.17) is 20.8 Å². The maximum atomic E-state index is 13.7. The summed E-state index contributed by atoms with van der Waals surface area (Å²) in [4.78, 5) is 28.9. The number of benzene rings is 3. The Hall–Kier alpha value is -4.03. The number of nitrogens with one attached hydrogen (secondary N) is 1. The molecule has 4 aromatic rings. The average molecular weight is 503 g/mol. The summed E-state index contributed by atoms with van der Waals surface area (Å²) in [5.41, 5.74) is 2.40. The van der Waals surface area contributed by atoms with E-state index >= 15 is 0 Å². The normalized spacial score (nSPS) is 11.5. The van der Waals surface area contributed by atoms with Gasteiger partial charge in [0.15, 0.2) is 0 Å². The van der Waals surface area contributed by atoms with Crippen LogP contribution in [0.15, 0.2) is 102 Å². The lowest BCUT2D eigenvalue weighted by atomic mass is 10.0. The largest absolute Gasteiger partial charge is 0.497 e. The summed E-state index contributed by atoms with van der Waals surface area (Å²) in [6, 6.07) is 26.6. The van der Waals surface area contributed by atoms with Crippen LogP contribution in [-0.2, 0) is 29.1 Å². The van der Waals surface area contributed by atoms with Crippen LogP contribution >= 0.6 is 11.6 Å². The van der Waals surface area contributed by atoms with Gasteiger partial charge in [0, 0.05) is 11.6 Å². The van der Waals surface area contributed by atoms with Crippen LogP contribution in [0.1, 0.15) is 28.5 Å². The minimum atomic E-state index is -0.844. The molecule has 0 saturated carbocycles. The maximum Gasteiger partial charge on any atom is 0.247 e. The molecule has 0 saturated heterocycles. The van der Waals surface area contributed by atoms with Gasteiger partial charge in [-0.15, -0.1) is 0 Å². The first kappa shape index (κ1) is 25.1. The number of nitrogens with zero attached hydrogens (tertiary/aromatic N) is 1. The van der Waals surface area contributed by atoms with Crippen LogP contribution in [0.25, 0.3) is 0 Å². The van der Waals surface area contributed by atoms with Crippen LogP contribution in [0, 0.1) is 0 Å². The minimum absolute atomic E-state index is 0.127.